The van der Waals surface area contributed by atoms with Crippen molar-refractivity contribution in [3.05, 3.63) is 59.7 Å². The summed E-state index contributed by atoms with van der Waals surface area (Å²) >= 11 is 0. The van der Waals surface area contributed by atoms with Gasteiger partial charge < -0.3 is 10.2 Å². The Morgan fingerprint density at radius 1 is 1.07 bits per heavy atom. The van der Waals surface area contributed by atoms with E-state index in [4.69, 9.17) is 0 Å². The summed E-state index contributed by atoms with van der Waals surface area (Å²) in [4.78, 5) is 15.2. The maximum absolute atomic E-state index is 13.0. The van der Waals surface area contributed by atoms with E-state index in [9.17, 15) is 13.2 Å². The van der Waals surface area contributed by atoms with E-state index < -0.39 is 10.0 Å². The van der Waals surface area contributed by atoms with Gasteiger partial charge in [-0.25, -0.2) is 8.42 Å². The van der Waals surface area contributed by atoms with E-state index in [1.807, 2.05) is 68.2 Å². The molecule has 2 aromatic carbocycles. The van der Waals surface area contributed by atoms with Gasteiger partial charge in [0.05, 0.1) is 4.90 Å². The van der Waals surface area contributed by atoms with Crippen molar-refractivity contribution in [2.45, 2.75) is 51.1 Å². The molecule has 6 nitrogen and oxygen atoms in total. The van der Waals surface area contributed by atoms with Gasteiger partial charge in [-0.2, -0.15) is 4.31 Å². The van der Waals surface area contributed by atoms with Gasteiger partial charge in [0.2, 0.25) is 10.0 Å². The number of hydrogen-bond donors (Lipinski definition) is 1. The minimum Gasteiger partial charge on any atom is -0.330 e. The minimum atomic E-state index is -3.46. The lowest BCUT2D eigenvalue weighted by Gasteiger charge is -2.23. The third-order valence-corrected chi connectivity index (χ3v) is 7.93. The number of nitrogens with zero attached hydrogens (tertiary/aromatic N) is 2. The van der Waals surface area contributed by atoms with E-state index in [2.05, 4.69) is 6.07 Å². The quantitative estimate of drug-likeness (QED) is 0.698. The van der Waals surface area contributed by atoms with Crippen LogP contribution in [-0.2, 0) is 21.2 Å². The van der Waals surface area contributed by atoms with E-state index in [0.29, 0.717) is 18.0 Å². The zero-order valence-electron chi connectivity index (χ0n) is 18.2. The van der Waals surface area contributed by atoms with Gasteiger partial charge in [-0.1, -0.05) is 44.2 Å². The van der Waals surface area contributed by atoms with Gasteiger partial charge in [-0.05, 0) is 44.0 Å². The van der Waals surface area contributed by atoms with Gasteiger partial charge >= 0.3 is 0 Å². The van der Waals surface area contributed by atoms with Crippen molar-refractivity contribution in [3.8, 4) is 0 Å². The Morgan fingerprint density at radius 3 is 2.33 bits per heavy atom. The van der Waals surface area contributed by atoms with Crippen LogP contribution in [-0.4, -0.2) is 44.3 Å². The summed E-state index contributed by atoms with van der Waals surface area (Å²) in [6, 6.07) is 14.9. The molecule has 162 valence electrons. The Balaban J connectivity index is 1.67. The molecule has 7 heteroatoms. The predicted octanol–water partition coefficient (Wildman–Crippen LogP) is 2.32. The fraction of sp³-hybridized carbons (Fsp3) is 0.435. The van der Waals surface area contributed by atoms with Crippen LogP contribution in [0.4, 0.5) is 5.69 Å². The number of rotatable bonds is 8. The maximum atomic E-state index is 13.0. The van der Waals surface area contributed by atoms with E-state index in [0.717, 1.165) is 24.2 Å². The lowest BCUT2D eigenvalue weighted by molar-refractivity contribution is -0.710. The summed E-state index contributed by atoms with van der Waals surface area (Å²) in [6.45, 7) is 9.26. The lowest BCUT2D eigenvalue weighted by Crippen LogP contribution is -2.92. The SMILES string of the molecule is CCN(CC)S(=O)(=O)c1ccc([C@H](C)[NH2+][C@H](C)C(=O)N2CCc3ccccc32)cc1. The van der Waals surface area contributed by atoms with Crippen molar-refractivity contribution in [2.24, 2.45) is 0 Å². The van der Waals surface area contributed by atoms with Crippen molar-refractivity contribution < 1.29 is 18.5 Å². The Bertz CT molecular complexity index is 985. The minimum absolute atomic E-state index is 0.0343. The lowest BCUT2D eigenvalue weighted by atomic mass is 10.1. The van der Waals surface area contributed by atoms with Crippen LogP contribution in [0.5, 0.6) is 0 Å². The number of hydrogen-bond acceptors (Lipinski definition) is 3. The first-order chi connectivity index (χ1) is 14.3. The van der Waals surface area contributed by atoms with E-state index >= 15 is 0 Å². The molecular weight excluding hydrogens is 398 g/mol. The van der Waals surface area contributed by atoms with Crippen LogP contribution in [0.15, 0.2) is 53.4 Å². The van der Waals surface area contributed by atoms with Crippen molar-refractivity contribution in [1.82, 2.24) is 4.31 Å². The highest BCUT2D eigenvalue weighted by molar-refractivity contribution is 7.89. The van der Waals surface area contributed by atoms with Gasteiger partial charge in [-0.3, -0.25) is 4.79 Å². The second kappa shape index (κ2) is 9.29. The van der Waals surface area contributed by atoms with Crippen molar-refractivity contribution in [3.63, 3.8) is 0 Å². The molecule has 0 unspecified atom stereocenters. The van der Waals surface area contributed by atoms with Crippen LogP contribution in [0.2, 0.25) is 0 Å². The largest absolute Gasteiger partial charge is 0.330 e. The molecule has 2 N–H and O–H groups in total. The molecule has 2 aromatic rings. The van der Waals surface area contributed by atoms with E-state index in [1.165, 1.54) is 9.87 Å². The number of carbonyl (C=O) groups is 1. The molecule has 0 aromatic heterocycles. The summed E-state index contributed by atoms with van der Waals surface area (Å²) < 4.78 is 26.8. The number of benzene rings is 2. The number of carbonyl (C=O) groups excluding carboxylic acids is 1. The van der Waals surface area contributed by atoms with Gasteiger partial charge in [0.25, 0.3) is 5.91 Å². The van der Waals surface area contributed by atoms with Crippen LogP contribution in [0, 0.1) is 0 Å². The standard InChI is InChI=1S/C23H31N3O3S/c1-5-25(6-2)30(28,29)21-13-11-19(12-14-21)17(3)24-18(4)23(27)26-16-15-20-9-7-8-10-22(20)26/h7-14,17-18,24H,5-6,15-16H2,1-4H3/p+1/t17-,18+/m0/s1. The number of nitrogens with two attached hydrogens (primary N) is 1. The molecule has 0 aliphatic carbocycles. The monoisotopic (exact) mass is 430 g/mol. The van der Waals surface area contributed by atoms with Gasteiger partial charge in [0.1, 0.15) is 6.04 Å². The normalized spacial score (nSPS) is 15.8. The molecule has 0 saturated carbocycles. The average Bonchev–Trinajstić information content (AvgIpc) is 3.18. The summed E-state index contributed by atoms with van der Waals surface area (Å²) in [5.74, 6) is 0.104. The molecule has 1 aliphatic rings. The van der Waals surface area contributed by atoms with Gasteiger partial charge in [0, 0.05) is 30.9 Å². The zero-order valence-corrected chi connectivity index (χ0v) is 19.0. The molecule has 1 heterocycles. The highest BCUT2D eigenvalue weighted by atomic mass is 32.2. The molecule has 3 rings (SSSR count). The summed E-state index contributed by atoms with van der Waals surface area (Å²) in [5, 5.41) is 2.04. The van der Waals surface area contributed by atoms with Gasteiger partial charge in [-0.15, -0.1) is 0 Å². The third kappa shape index (κ3) is 4.43. The molecule has 0 fully saturated rings. The highest BCUT2D eigenvalue weighted by Gasteiger charge is 2.31. The number of amides is 1. The van der Waals surface area contributed by atoms with Crippen LogP contribution < -0.4 is 10.2 Å². The summed E-state index contributed by atoms with van der Waals surface area (Å²) in [6.07, 6.45) is 0.895. The second-order valence-electron chi connectivity index (χ2n) is 7.80. The highest BCUT2D eigenvalue weighted by Crippen LogP contribution is 2.27. The van der Waals surface area contributed by atoms with Crippen LogP contribution >= 0.6 is 0 Å². The first-order valence-electron chi connectivity index (χ1n) is 10.6. The smallest absolute Gasteiger partial charge is 0.284 e. The number of sulfonamides is 1. The molecule has 2 atom stereocenters. The van der Waals surface area contributed by atoms with Crippen LogP contribution in [0.1, 0.15) is 44.9 Å². The summed E-state index contributed by atoms with van der Waals surface area (Å²) in [5.41, 5.74) is 3.23. The molecule has 30 heavy (non-hydrogen) atoms. The number of quaternary nitrogens is 1. The topological polar surface area (TPSA) is 74.3 Å². The molecule has 1 aliphatic heterocycles. The molecular formula is C23H32N3O3S+. The Hall–Kier alpha value is -2.22. The average molecular weight is 431 g/mol. The van der Waals surface area contributed by atoms with E-state index in [-0.39, 0.29) is 18.0 Å². The second-order valence-corrected chi connectivity index (χ2v) is 9.73. The maximum Gasteiger partial charge on any atom is 0.284 e. The molecule has 0 bridgehead atoms. The third-order valence-electron chi connectivity index (χ3n) is 5.87. The van der Waals surface area contributed by atoms with Crippen molar-refractivity contribution in [2.75, 3.05) is 24.5 Å². The molecule has 0 saturated heterocycles. The molecule has 0 radical (unpaired) electrons. The molecule has 0 spiro atoms. The van der Waals surface area contributed by atoms with Crippen LogP contribution in [0.3, 0.4) is 0 Å². The fourth-order valence-electron chi connectivity index (χ4n) is 4.10. The Kier molecular flexibility index (Phi) is 6.95. The van der Waals surface area contributed by atoms with Crippen LogP contribution in [0.25, 0.3) is 0 Å². The van der Waals surface area contributed by atoms with Crippen molar-refractivity contribution >= 4 is 21.6 Å². The fourth-order valence-corrected chi connectivity index (χ4v) is 5.55. The van der Waals surface area contributed by atoms with Crippen molar-refractivity contribution in [1.29, 1.82) is 0 Å². The number of para-hydroxylation sites is 1. The zero-order chi connectivity index (χ0) is 21.9. The predicted molar refractivity (Wildman–Crippen MR) is 119 cm³/mol. The Morgan fingerprint density at radius 2 is 1.70 bits per heavy atom. The first kappa shape index (κ1) is 22.5. The number of anilines is 1. The van der Waals surface area contributed by atoms with Gasteiger partial charge in [0.15, 0.2) is 6.04 Å². The molecule has 1 amide bonds. The first-order valence-corrected chi connectivity index (χ1v) is 12.1. The van der Waals surface area contributed by atoms with E-state index in [1.54, 1.807) is 12.1 Å². The summed E-state index contributed by atoms with van der Waals surface area (Å²) in [7, 11) is -3.46. The number of fused-ring (bicyclic) bond motifs is 1. The Labute approximate surface area is 179 Å².